The lowest BCUT2D eigenvalue weighted by Crippen LogP contribution is -2.48. The van der Waals surface area contributed by atoms with Crippen molar-refractivity contribution in [1.82, 2.24) is 15.1 Å². The number of hydrogen-bond donors (Lipinski definition) is 1. The molecule has 2 aliphatic heterocycles. The first kappa shape index (κ1) is 14.8. The second-order valence-electron chi connectivity index (χ2n) is 5.84. The minimum Gasteiger partial charge on any atom is -0.336 e. The van der Waals surface area contributed by atoms with Crippen LogP contribution in [-0.2, 0) is 6.54 Å². The number of amides is 2. The summed E-state index contributed by atoms with van der Waals surface area (Å²) in [5.41, 5.74) is 0.905. The van der Waals surface area contributed by atoms with E-state index in [2.05, 4.69) is 10.2 Å². The highest BCUT2D eigenvalue weighted by molar-refractivity contribution is 5.76. The fourth-order valence-electron chi connectivity index (χ4n) is 3.33. The van der Waals surface area contributed by atoms with Gasteiger partial charge in [-0.1, -0.05) is 18.2 Å². The molecule has 118 valence electrons. The van der Waals surface area contributed by atoms with Crippen molar-refractivity contribution in [3.05, 3.63) is 39.9 Å². The second kappa shape index (κ2) is 6.31. The van der Waals surface area contributed by atoms with Crippen LogP contribution in [0.3, 0.4) is 0 Å². The number of para-hydroxylation sites is 1. The Kier molecular flexibility index (Phi) is 4.24. The molecular formula is C15H20N4O3. The molecule has 1 atom stereocenters. The van der Waals surface area contributed by atoms with Crippen molar-refractivity contribution >= 4 is 11.7 Å². The summed E-state index contributed by atoms with van der Waals surface area (Å²) in [5.74, 6) is 0. The van der Waals surface area contributed by atoms with E-state index < -0.39 is 0 Å². The van der Waals surface area contributed by atoms with E-state index in [-0.39, 0.29) is 22.7 Å². The minimum atomic E-state index is -0.329. The van der Waals surface area contributed by atoms with Crippen LogP contribution in [0.4, 0.5) is 10.5 Å². The molecule has 1 aromatic rings. The van der Waals surface area contributed by atoms with Crippen molar-refractivity contribution in [2.24, 2.45) is 0 Å². The molecule has 0 unspecified atom stereocenters. The van der Waals surface area contributed by atoms with Crippen molar-refractivity contribution in [1.29, 1.82) is 0 Å². The number of hydrogen-bond acceptors (Lipinski definition) is 4. The fraction of sp³-hybridized carbons (Fsp3) is 0.533. The van der Waals surface area contributed by atoms with Crippen LogP contribution in [0, 0.1) is 10.1 Å². The molecule has 0 aromatic heterocycles. The van der Waals surface area contributed by atoms with Crippen LogP contribution in [0.15, 0.2) is 24.3 Å². The van der Waals surface area contributed by atoms with Crippen molar-refractivity contribution < 1.29 is 9.72 Å². The zero-order chi connectivity index (χ0) is 15.5. The first-order valence-electron chi connectivity index (χ1n) is 7.64. The van der Waals surface area contributed by atoms with Gasteiger partial charge in [0.25, 0.3) is 5.69 Å². The predicted octanol–water partition coefficient (Wildman–Crippen LogP) is 1.58. The molecule has 22 heavy (non-hydrogen) atoms. The van der Waals surface area contributed by atoms with Gasteiger partial charge in [0, 0.05) is 43.9 Å². The summed E-state index contributed by atoms with van der Waals surface area (Å²) in [6, 6.07) is 7.10. The number of nitro groups is 1. The summed E-state index contributed by atoms with van der Waals surface area (Å²) in [6.07, 6.45) is 2.01. The number of carbonyl (C=O) groups excluding carboxylic acids is 1. The molecule has 0 bridgehead atoms. The molecule has 0 aliphatic carbocycles. The maximum Gasteiger partial charge on any atom is 0.317 e. The molecule has 0 spiro atoms. The number of nitrogens with one attached hydrogen (secondary N) is 1. The van der Waals surface area contributed by atoms with Crippen LogP contribution in [-0.4, -0.2) is 53.0 Å². The van der Waals surface area contributed by atoms with Crippen molar-refractivity contribution in [2.75, 3.05) is 26.2 Å². The van der Waals surface area contributed by atoms with Gasteiger partial charge in [-0.25, -0.2) is 4.79 Å². The molecule has 2 aliphatic rings. The van der Waals surface area contributed by atoms with E-state index in [4.69, 9.17) is 0 Å². The minimum absolute atomic E-state index is 0.0116. The maximum atomic E-state index is 11.8. The van der Waals surface area contributed by atoms with Gasteiger partial charge < -0.3 is 10.2 Å². The molecule has 2 fully saturated rings. The molecule has 2 saturated heterocycles. The Labute approximate surface area is 129 Å². The molecule has 0 saturated carbocycles. The number of likely N-dealkylation sites (tertiary alicyclic amines) is 1. The molecule has 7 nitrogen and oxygen atoms in total. The molecule has 3 rings (SSSR count). The topological polar surface area (TPSA) is 78.7 Å². The Morgan fingerprint density at radius 1 is 1.32 bits per heavy atom. The van der Waals surface area contributed by atoms with Crippen LogP contribution >= 0.6 is 0 Å². The van der Waals surface area contributed by atoms with E-state index in [1.54, 1.807) is 12.1 Å². The summed E-state index contributed by atoms with van der Waals surface area (Å²) < 4.78 is 0. The number of benzene rings is 1. The first-order chi connectivity index (χ1) is 10.6. The predicted molar refractivity (Wildman–Crippen MR) is 81.5 cm³/mol. The number of urea groups is 1. The summed E-state index contributed by atoms with van der Waals surface area (Å²) in [6.45, 7) is 3.71. The highest BCUT2D eigenvalue weighted by Crippen LogP contribution is 2.23. The van der Waals surface area contributed by atoms with Gasteiger partial charge in [0.05, 0.1) is 4.92 Å². The fourth-order valence-corrected chi connectivity index (χ4v) is 3.33. The van der Waals surface area contributed by atoms with Gasteiger partial charge >= 0.3 is 6.03 Å². The van der Waals surface area contributed by atoms with Crippen LogP contribution in [0.1, 0.15) is 18.4 Å². The number of nitrogens with zero attached hydrogens (tertiary/aromatic N) is 3. The zero-order valence-corrected chi connectivity index (χ0v) is 12.4. The van der Waals surface area contributed by atoms with Gasteiger partial charge in [-0.3, -0.25) is 15.0 Å². The maximum absolute atomic E-state index is 11.8. The lowest BCUT2D eigenvalue weighted by Gasteiger charge is -2.37. The van der Waals surface area contributed by atoms with E-state index in [0.717, 1.165) is 38.0 Å². The number of nitro benzene ring substituents is 1. The van der Waals surface area contributed by atoms with Gasteiger partial charge in [0.15, 0.2) is 0 Å². The SMILES string of the molecule is O=C1NCCN1[C@@H]1CCCN(Cc2ccccc2[N+](=O)[O-])C1. The highest BCUT2D eigenvalue weighted by Gasteiger charge is 2.31. The van der Waals surface area contributed by atoms with Crippen LogP contribution in [0.2, 0.25) is 0 Å². The Bertz CT molecular complexity index is 578. The third-order valence-electron chi connectivity index (χ3n) is 4.39. The largest absolute Gasteiger partial charge is 0.336 e. The van der Waals surface area contributed by atoms with E-state index in [1.807, 2.05) is 17.0 Å². The highest BCUT2D eigenvalue weighted by atomic mass is 16.6. The standard InChI is InChI=1S/C15H20N4O3/c20-15-16-7-9-18(15)13-5-3-8-17(11-13)10-12-4-1-2-6-14(12)19(21)22/h1-2,4,6,13H,3,5,7-11H2,(H,16,20)/t13-/m1/s1. The van der Waals surface area contributed by atoms with Crippen molar-refractivity contribution in [3.8, 4) is 0 Å². The summed E-state index contributed by atoms with van der Waals surface area (Å²) in [4.78, 5) is 26.7. The summed E-state index contributed by atoms with van der Waals surface area (Å²) >= 11 is 0. The van der Waals surface area contributed by atoms with Crippen LogP contribution in [0.25, 0.3) is 0 Å². The molecule has 1 N–H and O–H groups in total. The molecule has 0 radical (unpaired) electrons. The lowest BCUT2D eigenvalue weighted by atomic mass is 10.0. The van der Waals surface area contributed by atoms with Crippen molar-refractivity contribution in [3.63, 3.8) is 0 Å². The summed E-state index contributed by atoms with van der Waals surface area (Å²) in [7, 11) is 0. The third kappa shape index (κ3) is 3.04. The Morgan fingerprint density at radius 3 is 2.86 bits per heavy atom. The molecular weight excluding hydrogens is 284 g/mol. The quantitative estimate of drug-likeness (QED) is 0.676. The Morgan fingerprint density at radius 2 is 2.14 bits per heavy atom. The number of piperidine rings is 1. The van der Waals surface area contributed by atoms with Gasteiger partial charge in [0.2, 0.25) is 0 Å². The average molecular weight is 304 g/mol. The van der Waals surface area contributed by atoms with E-state index in [0.29, 0.717) is 13.1 Å². The van der Waals surface area contributed by atoms with Crippen molar-refractivity contribution in [2.45, 2.75) is 25.4 Å². The normalized spacial score (nSPS) is 22.6. The Hall–Kier alpha value is -2.15. The average Bonchev–Trinajstić information content (AvgIpc) is 2.94. The van der Waals surface area contributed by atoms with E-state index in [9.17, 15) is 14.9 Å². The first-order valence-corrected chi connectivity index (χ1v) is 7.64. The van der Waals surface area contributed by atoms with E-state index in [1.165, 1.54) is 0 Å². The van der Waals surface area contributed by atoms with Gasteiger partial charge in [-0.2, -0.15) is 0 Å². The number of rotatable bonds is 4. The molecule has 1 aromatic carbocycles. The van der Waals surface area contributed by atoms with Gasteiger partial charge in [-0.05, 0) is 19.4 Å². The van der Waals surface area contributed by atoms with Crippen LogP contribution < -0.4 is 5.32 Å². The van der Waals surface area contributed by atoms with E-state index >= 15 is 0 Å². The lowest BCUT2D eigenvalue weighted by molar-refractivity contribution is -0.385. The second-order valence-corrected chi connectivity index (χ2v) is 5.84. The van der Waals surface area contributed by atoms with Gasteiger partial charge in [0.1, 0.15) is 0 Å². The van der Waals surface area contributed by atoms with Gasteiger partial charge in [-0.15, -0.1) is 0 Å². The van der Waals surface area contributed by atoms with Crippen LogP contribution in [0.5, 0.6) is 0 Å². The molecule has 2 heterocycles. The smallest absolute Gasteiger partial charge is 0.317 e. The Balaban J connectivity index is 1.68. The molecule has 7 heteroatoms. The third-order valence-corrected chi connectivity index (χ3v) is 4.39. The monoisotopic (exact) mass is 304 g/mol. The summed E-state index contributed by atoms with van der Waals surface area (Å²) in [5, 5.41) is 13.9. The number of carbonyl (C=O) groups is 1. The zero-order valence-electron chi connectivity index (χ0n) is 12.4. The molecule has 2 amide bonds.